The monoisotopic (exact) mass is 316 g/mol. The number of nitrogens with one attached hydrogen (secondary N) is 1. The molecule has 0 aliphatic rings. The van der Waals surface area contributed by atoms with Crippen LogP contribution in [0.4, 0.5) is 13.2 Å². The average Bonchev–Trinajstić information content (AvgIpc) is 2.86. The Hall–Kier alpha value is -1.67. The van der Waals surface area contributed by atoms with Crippen molar-refractivity contribution in [1.82, 2.24) is 19.9 Å². The van der Waals surface area contributed by atoms with Gasteiger partial charge in [-0.1, -0.05) is 6.92 Å². The quantitative estimate of drug-likeness (QED) is 0.890. The summed E-state index contributed by atoms with van der Waals surface area (Å²) in [5, 5.41) is 11.1. The highest BCUT2D eigenvalue weighted by molar-refractivity contribution is 5.40. The van der Waals surface area contributed by atoms with E-state index in [2.05, 4.69) is 15.5 Å². The number of rotatable bonds is 6. The molecule has 0 radical (unpaired) electrons. The number of halogens is 3. The van der Waals surface area contributed by atoms with Crippen molar-refractivity contribution in [3.63, 3.8) is 0 Å². The summed E-state index contributed by atoms with van der Waals surface area (Å²) in [5.74, 6) is 0.715. The second-order valence-electron chi connectivity index (χ2n) is 5.36. The fourth-order valence-electron chi connectivity index (χ4n) is 2.09. The third kappa shape index (κ3) is 3.75. The molecule has 0 aromatic carbocycles. The van der Waals surface area contributed by atoms with Gasteiger partial charge in [0.05, 0.1) is 18.7 Å². The number of hydrogen-bond donors (Lipinski definition) is 1. The molecule has 2 aromatic heterocycles. The van der Waals surface area contributed by atoms with E-state index < -0.39 is 11.7 Å². The number of hydrogen-bond acceptors (Lipinski definition) is 4. The highest BCUT2D eigenvalue weighted by Gasteiger charge is 2.31. The predicted molar refractivity (Wildman–Crippen MR) is 75.3 cm³/mol. The van der Waals surface area contributed by atoms with Crippen molar-refractivity contribution in [3.8, 4) is 0 Å². The maximum atomic E-state index is 12.8. The van der Waals surface area contributed by atoms with Gasteiger partial charge in [0.25, 0.3) is 0 Å². The van der Waals surface area contributed by atoms with Gasteiger partial charge in [-0.05, 0) is 25.0 Å². The molecule has 0 unspecified atom stereocenters. The van der Waals surface area contributed by atoms with Crippen LogP contribution in [0.15, 0.2) is 18.3 Å². The van der Waals surface area contributed by atoms with Crippen molar-refractivity contribution < 1.29 is 17.9 Å². The topological polar surface area (TPSA) is 51.5 Å². The van der Waals surface area contributed by atoms with Gasteiger partial charge in [-0.2, -0.15) is 13.2 Å². The summed E-state index contributed by atoms with van der Waals surface area (Å²) in [4.78, 5) is 0. The van der Waals surface area contributed by atoms with Gasteiger partial charge in [0.15, 0.2) is 11.5 Å². The molecule has 22 heavy (non-hydrogen) atoms. The highest BCUT2D eigenvalue weighted by Crippen LogP contribution is 2.29. The van der Waals surface area contributed by atoms with Crippen molar-refractivity contribution >= 4 is 5.65 Å². The molecule has 0 bridgehead atoms. The lowest BCUT2D eigenvalue weighted by Crippen LogP contribution is -2.34. The SMILES string of the molecule is COC[C@@H](C)[C@@H](C)NCc1nnc2ccc(C(F)(F)F)cn12. The summed E-state index contributed by atoms with van der Waals surface area (Å²) in [6.45, 7) is 4.96. The Morgan fingerprint density at radius 1 is 1.27 bits per heavy atom. The molecule has 0 spiro atoms. The third-order valence-electron chi connectivity index (χ3n) is 3.67. The Morgan fingerprint density at radius 2 is 2.00 bits per heavy atom. The molecule has 0 fully saturated rings. The van der Waals surface area contributed by atoms with E-state index in [0.717, 1.165) is 12.3 Å². The lowest BCUT2D eigenvalue weighted by atomic mass is 10.1. The minimum absolute atomic E-state index is 0.137. The Bertz CT molecular complexity index is 626. The van der Waals surface area contributed by atoms with Crippen molar-refractivity contribution in [2.45, 2.75) is 32.6 Å². The van der Waals surface area contributed by atoms with E-state index in [4.69, 9.17) is 4.74 Å². The maximum absolute atomic E-state index is 12.8. The van der Waals surface area contributed by atoms with Gasteiger partial charge < -0.3 is 10.1 Å². The first kappa shape index (κ1) is 16.7. The van der Waals surface area contributed by atoms with Crippen LogP contribution in [0, 0.1) is 5.92 Å². The van der Waals surface area contributed by atoms with E-state index in [-0.39, 0.29) is 12.0 Å². The smallest absolute Gasteiger partial charge is 0.384 e. The van der Waals surface area contributed by atoms with Gasteiger partial charge in [0.1, 0.15) is 0 Å². The number of fused-ring (bicyclic) bond motifs is 1. The molecule has 2 atom stereocenters. The Morgan fingerprint density at radius 3 is 2.64 bits per heavy atom. The predicted octanol–water partition coefficient (Wildman–Crippen LogP) is 2.51. The van der Waals surface area contributed by atoms with Crippen LogP contribution < -0.4 is 5.32 Å². The van der Waals surface area contributed by atoms with Crippen LogP contribution in [0.3, 0.4) is 0 Å². The summed E-state index contributed by atoms with van der Waals surface area (Å²) in [6, 6.07) is 2.46. The fourth-order valence-corrected chi connectivity index (χ4v) is 2.09. The van der Waals surface area contributed by atoms with Gasteiger partial charge in [0.2, 0.25) is 0 Å². The number of ether oxygens (including phenoxy) is 1. The molecular weight excluding hydrogens is 297 g/mol. The lowest BCUT2D eigenvalue weighted by Gasteiger charge is -2.20. The molecule has 0 aliphatic heterocycles. The van der Waals surface area contributed by atoms with Crippen LogP contribution in [0.2, 0.25) is 0 Å². The highest BCUT2D eigenvalue weighted by atomic mass is 19.4. The molecule has 0 amide bonds. The molecule has 2 heterocycles. The second kappa shape index (κ2) is 6.62. The fraction of sp³-hybridized carbons (Fsp3) is 0.571. The first-order valence-electron chi connectivity index (χ1n) is 6.96. The van der Waals surface area contributed by atoms with Crippen LogP contribution >= 0.6 is 0 Å². The van der Waals surface area contributed by atoms with E-state index >= 15 is 0 Å². The number of alkyl halides is 3. The van der Waals surface area contributed by atoms with E-state index in [1.807, 2.05) is 13.8 Å². The number of methoxy groups -OCH3 is 1. The Balaban J connectivity index is 2.14. The molecule has 8 heteroatoms. The summed E-state index contributed by atoms with van der Waals surface area (Å²) >= 11 is 0. The molecule has 2 rings (SSSR count). The largest absolute Gasteiger partial charge is 0.417 e. The van der Waals surface area contributed by atoms with Crippen LogP contribution in [0.1, 0.15) is 25.2 Å². The Labute approximate surface area is 126 Å². The van der Waals surface area contributed by atoms with Gasteiger partial charge >= 0.3 is 6.18 Å². The first-order valence-corrected chi connectivity index (χ1v) is 6.96. The van der Waals surface area contributed by atoms with Crippen molar-refractivity contribution in [3.05, 3.63) is 29.7 Å². The second-order valence-corrected chi connectivity index (χ2v) is 5.36. The molecular formula is C14H19F3N4O. The molecule has 2 aromatic rings. The van der Waals surface area contributed by atoms with Crippen molar-refractivity contribution in [2.24, 2.45) is 5.92 Å². The van der Waals surface area contributed by atoms with Crippen LogP contribution in [0.5, 0.6) is 0 Å². The molecule has 0 saturated heterocycles. The van der Waals surface area contributed by atoms with Gasteiger partial charge in [-0.15, -0.1) is 10.2 Å². The van der Waals surface area contributed by atoms with Gasteiger partial charge in [-0.25, -0.2) is 0 Å². The van der Waals surface area contributed by atoms with Gasteiger partial charge in [-0.3, -0.25) is 4.40 Å². The van der Waals surface area contributed by atoms with E-state index in [0.29, 0.717) is 24.6 Å². The summed E-state index contributed by atoms with van der Waals surface area (Å²) < 4.78 is 44.8. The van der Waals surface area contributed by atoms with Crippen LogP contribution in [-0.4, -0.2) is 34.4 Å². The Kier molecular flexibility index (Phi) is 5.02. The zero-order valence-electron chi connectivity index (χ0n) is 12.7. The minimum atomic E-state index is -4.39. The van der Waals surface area contributed by atoms with Crippen LogP contribution in [-0.2, 0) is 17.5 Å². The zero-order valence-corrected chi connectivity index (χ0v) is 12.7. The minimum Gasteiger partial charge on any atom is -0.384 e. The number of nitrogens with zero attached hydrogens (tertiary/aromatic N) is 3. The summed E-state index contributed by atoms with van der Waals surface area (Å²) in [6.07, 6.45) is -3.36. The van der Waals surface area contributed by atoms with E-state index in [1.165, 1.54) is 10.5 Å². The van der Waals surface area contributed by atoms with E-state index in [1.54, 1.807) is 7.11 Å². The zero-order chi connectivity index (χ0) is 16.3. The van der Waals surface area contributed by atoms with Crippen molar-refractivity contribution in [1.29, 1.82) is 0 Å². The number of pyridine rings is 1. The van der Waals surface area contributed by atoms with E-state index in [9.17, 15) is 13.2 Å². The number of aromatic nitrogens is 3. The van der Waals surface area contributed by atoms with Gasteiger partial charge in [0, 0.05) is 19.3 Å². The molecule has 122 valence electrons. The molecule has 0 aliphatic carbocycles. The lowest BCUT2D eigenvalue weighted by molar-refractivity contribution is -0.137. The molecule has 5 nitrogen and oxygen atoms in total. The normalized spacial score (nSPS) is 15.2. The average molecular weight is 316 g/mol. The molecule has 0 saturated carbocycles. The summed E-state index contributed by atoms with van der Waals surface area (Å²) in [5.41, 5.74) is -0.329. The standard InChI is InChI=1S/C14H19F3N4O/c1-9(8-22-3)10(2)18-6-13-20-19-12-5-4-11(7-21(12)13)14(15,16)17/h4-5,7,9-10,18H,6,8H2,1-3H3/t9-,10-/m1/s1. The summed E-state index contributed by atoms with van der Waals surface area (Å²) in [7, 11) is 1.63. The first-order chi connectivity index (χ1) is 10.3. The maximum Gasteiger partial charge on any atom is 0.417 e. The van der Waals surface area contributed by atoms with Crippen molar-refractivity contribution in [2.75, 3.05) is 13.7 Å². The van der Waals surface area contributed by atoms with Crippen LogP contribution in [0.25, 0.3) is 5.65 Å². The third-order valence-corrected chi connectivity index (χ3v) is 3.67. The molecule has 1 N–H and O–H groups in total.